The molecule has 9 nitrogen and oxygen atoms in total. The number of hydrogen-bond acceptors (Lipinski definition) is 7. The molecule has 4 rings (SSSR count). The van der Waals surface area contributed by atoms with Crippen molar-refractivity contribution < 1.29 is 13.2 Å². The molecule has 31 heavy (non-hydrogen) atoms. The first kappa shape index (κ1) is 21.7. The number of hydrogen-bond donors (Lipinski definition) is 1. The number of thioether (sulfide) groups is 1. The summed E-state index contributed by atoms with van der Waals surface area (Å²) >= 11 is 1.29. The lowest BCUT2D eigenvalue weighted by Gasteiger charge is -2.16. The molecule has 1 atom stereocenters. The Balaban J connectivity index is 1.43. The van der Waals surface area contributed by atoms with Gasteiger partial charge in [-0.05, 0) is 63.9 Å². The van der Waals surface area contributed by atoms with Crippen molar-refractivity contribution >= 4 is 39.2 Å². The summed E-state index contributed by atoms with van der Waals surface area (Å²) in [5.74, 6) is 0.289. The van der Waals surface area contributed by atoms with Gasteiger partial charge in [0, 0.05) is 30.2 Å². The van der Waals surface area contributed by atoms with Crippen LogP contribution < -0.4 is 5.32 Å². The summed E-state index contributed by atoms with van der Waals surface area (Å²) in [6.45, 7) is 6.73. The average molecular weight is 461 g/mol. The fourth-order valence-electron chi connectivity index (χ4n) is 3.52. The monoisotopic (exact) mass is 460 g/mol. The molecule has 1 aliphatic rings. The van der Waals surface area contributed by atoms with Gasteiger partial charge in [-0.3, -0.25) is 9.20 Å². The maximum atomic E-state index is 12.7. The van der Waals surface area contributed by atoms with Crippen molar-refractivity contribution in [2.24, 2.45) is 0 Å². The summed E-state index contributed by atoms with van der Waals surface area (Å²) < 4.78 is 28.6. The topological polar surface area (TPSA) is 110 Å². The van der Waals surface area contributed by atoms with E-state index >= 15 is 0 Å². The number of aromatic nitrogens is 4. The molecule has 1 N–H and O–H groups in total. The molecule has 0 aliphatic carbocycles. The summed E-state index contributed by atoms with van der Waals surface area (Å²) in [5, 5.41) is 11.2. The van der Waals surface area contributed by atoms with E-state index < -0.39 is 15.3 Å². The number of sulfonamides is 1. The van der Waals surface area contributed by atoms with Gasteiger partial charge in [-0.1, -0.05) is 11.8 Å². The van der Waals surface area contributed by atoms with Gasteiger partial charge >= 0.3 is 0 Å². The molecule has 1 aromatic carbocycles. The fraction of sp³-hybridized carbons (Fsp3) is 0.400. The number of amides is 1. The summed E-state index contributed by atoms with van der Waals surface area (Å²) in [6, 6.07) is 8.22. The molecule has 1 aliphatic heterocycles. The molecular weight excluding hydrogens is 436 g/mol. The van der Waals surface area contributed by atoms with E-state index in [1.54, 1.807) is 19.1 Å². The Hall–Kier alpha value is -2.50. The predicted molar refractivity (Wildman–Crippen MR) is 119 cm³/mol. The molecular formula is C20H24N6O3S2. The van der Waals surface area contributed by atoms with Crippen LogP contribution in [0.25, 0.3) is 5.78 Å². The number of anilines is 1. The van der Waals surface area contributed by atoms with Crippen LogP contribution in [0.3, 0.4) is 0 Å². The summed E-state index contributed by atoms with van der Waals surface area (Å²) in [7, 11) is -3.47. The van der Waals surface area contributed by atoms with E-state index in [1.165, 1.54) is 28.2 Å². The standard InChI is InChI=1S/C20H24N6O3S2/c1-13-12-14(2)26-19(21-13)23-24-20(26)30-15(3)18(27)22-16-6-8-17(9-7-16)31(28,29)25-10-4-5-11-25/h6-9,12,15H,4-5,10-11H2,1-3H3,(H,22,27)/t15-/m0/s1. The number of fused-ring (bicyclic) bond motifs is 1. The maximum Gasteiger partial charge on any atom is 0.256 e. The minimum Gasteiger partial charge on any atom is -0.325 e. The number of carbonyl (C=O) groups excluding carboxylic acids is 1. The number of rotatable bonds is 6. The lowest BCUT2D eigenvalue weighted by molar-refractivity contribution is -0.115. The Morgan fingerprint density at radius 2 is 1.81 bits per heavy atom. The van der Waals surface area contributed by atoms with Gasteiger partial charge in [0.15, 0.2) is 5.16 Å². The number of benzene rings is 1. The van der Waals surface area contributed by atoms with Crippen LogP contribution in [0.4, 0.5) is 5.69 Å². The first-order valence-corrected chi connectivity index (χ1v) is 12.3. The molecule has 3 heterocycles. The van der Waals surface area contributed by atoms with E-state index in [2.05, 4.69) is 20.5 Å². The van der Waals surface area contributed by atoms with E-state index in [0.29, 0.717) is 29.7 Å². The van der Waals surface area contributed by atoms with Gasteiger partial charge in [-0.2, -0.15) is 4.31 Å². The Morgan fingerprint density at radius 1 is 1.13 bits per heavy atom. The van der Waals surface area contributed by atoms with Gasteiger partial charge in [-0.15, -0.1) is 10.2 Å². The Morgan fingerprint density at radius 3 is 2.48 bits per heavy atom. The average Bonchev–Trinajstić information content (AvgIpc) is 3.39. The first-order chi connectivity index (χ1) is 14.8. The van der Waals surface area contributed by atoms with E-state index in [4.69, 9.17) is 0 Å². The highest BCUT2D eigenvalue weighted by Crippen LogP contribution is 2.25. The molecule has 1 fully saturated rings. The minimum atomic E-state index is -3.47. The molecule has 0 radical (unpaired) electrons. The lowest BCUT2D eigenvalue weighted by atomic mass is 10.3. The Kier molecular flexibility index (Phi) is 6.00. The first-order valence-electron chi connectivity index (χ1n) is 10.0. The van der Waals surface area contributed by atoms with Crippen molar-refractivity contribution in [2.75, 3.05) is 18.4 Å². The van der Waals surface area contributed by atoms with Gasteiger partial charge < -0.3 is 5.32 Å². The molecule has 0 spiro atoms. The molecule has 3 aromatic rings. The normalized spacial score (nSPS) is 16.0. The predicted octanol–water partition coefficient (Wildman–Crippen LogP) is 2.64. The van der Waals surface area contributed by atoms with Crippen LogP contribution in [0.15, 0.2) is 40.4 Å². The Bertz CT molecular complexity index is 1220. The number of aryl methyl sites for hydroxylation is 2. The van der Waals surface area contributed by atoms with Crippen LogP contribution in [0.2, 0.25) is 0 Å². The summed E-state index contributed by atoms with van der Waals surface area (Å²) in [5.41, 5.74) is 2.34. The van der Waals surface area contributed by atoms with E-state index in [-0.39, 0.29) is 10.8 Å². The molecule has 164 valence electrons. The molecule has 0 saturated carbocycles. The molecule has 0 bridgehead atoms. The van der Waals surface area contributed by atoms with Gasteiger partial charge in [0.1, 0.15) is 0 Å². The van der Waals surface area contributed by atoms with Crippen LogP contribution in [0.5, 0.6) is 0 Å². The van der Waals surface area contributed by atoms with Crippen molar-refractivity contribution in [3.05, 3.63) is 41.7 Å². The van der Waals surface area contributed by atoms with E-state index in [0.717, 1.165) is 24.2 Å². The molecule has 11 heteroatoms. The van der Waals surface area contributed by atoms with E-state index in [1.807, 2.05) is 24.3 Å². The third-order valence-corrected chi connectivity index (χ3v) is 8.09. The van der Waals surface area contributed by atoms with Crippen LogP contribution in [0, 0.1) is 13.8 Å². The SMILES string of the molecule is Cc1cc(C)n2c(S[C@@H](C)C(=O)Nc3ccc(S(=O)(=O)N4CCCC4)cc3)nnc2n1. The largest absolute Gasteiger partial charge is 0.325 e. The molecule has 1 amide bonds. The molecule has 2 aromatic heterocycles. The highest BCUT2D eigenvalue weighted by molar-refractivity contribution is 8.00. The van der Waals surface area contributed by atoms with Crippen LogP contribution >= 0.6 is 11.8 Å². The third kappa shape index (κ3) is 4.43. The third-order valence-electron chi connectivity index (χ3n) is 5.14. The van der Waals surface area contributed by atoms with Crippen molar-refractivity contribution in [1.29, 1.82) is 0 Å². The zero-order valence-electron chi connectivity index (χ0n) is 17.6. The smallest absolute Gasteiger partial charge is 0.256 e. The maximum absolute atomic E-state index is 12.7. The second-order valence-electron chi connectivity index (χ2n) is 7.54. The van der Waals surface area contributed by atoms with Crippen LogP contribution in [0.1, 0.15) is 31.2 Å². The van der Waals surface area contributed by atoms with E-state index in [9.17, 15) is 13.2 Å². The number of nitrogens with one attached hydrogen (secondary N) is 1. The second kappa shape index (κ2) is 8.56. The quantitative estimate of drug-likeness (QED) is 0.563. The van der Waals surface area contributed by atoms with Gasteiger partial charge in [0.25, 0.3) is 5.78 Å². The number of nitrogens with zero attached hydrogens (tertiary/aromatic N) is 5. The second-order valence-corrected chi connectivity index (χ2v) is 10.8. The van der Waals surface area contributed by atoms with Crippen LogP contribution in [-0.2, 0) is 14.8 Å². The van der Waals surface area contributed by atoms with Crippen molar-refractivity contribution in [3.63, 3.8) is 0 Å². The van der Waals surface area contributed by atoms with Gasteiger partial charge in [-0.25, -0.2) is 13.4 Å². The Labute approximate surface area is 185 Å². The van der Waals surface area contributed by atoms with Crippen LogP contribution in [-0.4, -0.2) is 56.6 Å². The van der Waals surface area contributed by atoms with Gasteiger partial charge in [0.05, 0.1) is 10.1 Å². The zero-order valence-corrected chi connectivity index (χ0v) is 19.2. The lowest BCUT2D eigenvalue weighted by Crippen LogP contribution is -2.27. The van der Waals surface area contributed by atoms with Crippen molar-refractivity contribution in [3.8, 4) is 0 Å². The summed E-state index contributed by atoms with van der Waals surface area (Å²) in [6.07, 6.45) is 1.78. The molecule has 0 unspecified atom stereocenters. The highest BCUT2D eigenvalue weighted by Gasteiger charge is 2.27. The fourth-order valence-corrected chi connectivity index (χ4v) is 5.94. The summed E-state index contributed by atoms with van der Waals surface area (Å²) in [4.78, 5) is 17.3. The van der Waals surface area contributed by atoms with Gasteiger partial charge in [0.2, 0.25) is 15.9 Å². The minimum absolute atomic E-state index is 0.213. The molecule has 1 saturated heterocycles. The zero-order chi connectivity index (χ0) is 22.2. The van der Waals surface area contributed by atoms with Crippen molar-refractivity contribution in [2.45, 2.75) is 48.9 Å². The highest BCUT2D eigenvalue weighted by atomic mass is 32.2. The van der Waals surface area contributed by atoms with Crippen molar-refractivity contribution in [1.82, 2.24) is 23.9 Å². The number of carbonyl (C=O) groups is 1.